The van der Waals surface area contributed by atoms with E-state index in [-0.39, 0.29) is 22.3 Å². The maximum Gasteiger partial charge on any atom is 0.129 e. The van der Waals surface area contributed by atoms with Crippen LogP contribution in [0.25, 0.3) is 0 Å². The van der Waals surface area contributed by atoms with Gasteiger partial charge in [-0.2, -0.15) is 0 Å². The average Bonchev–Trinajstić information content (AvgIpc) is 2.92. The Morgan fingerprint density at radius 3 is 1.88 bits per heavy atom. The van der Waals surface area contributed by atoms with Crippen LogP contribution in [0.3, 0.4) is 0 Å². The molecular formula is C22H42N2. The van der Waals surface area contributed by atoms with Crippen LogP contribution in [0.15, 0.2) is 9.98 Å². The van der Waals surface area contributed by atoms with Gasteiger partial charge < -0.3 is 0 Å². The van der Waals surface area contributed by atoms with Gasteiger partial charge in [-0.25, -0.2) is 4.99 Å². The van der Waals surface area contributed by atoms with Crippen LogP contribution in [-0.4, -0.2) is 17.6 Å². The van der Waals surface area contributed by atoms with Gasteiger partial charge in [0.2, 0.25) is 0 Å². The highest BCUT2D eigenvalue weighted by atomic mass is 15.1. The SMILES string of the molecule is CCCCCC(C)(C)C1N=C(C(C)(C)CCCC)N=C1C(C)(C)C. The van der Waals surface area contributed by atoms with Gasteiger partial charge in [0.05, 0.1) is 11.8 Å². The van der Waals surface area contributed by atoms with Crippen LogP contribution in [0.1, 0.15) is 107 Å². The third kappa shape index (κ3) is 5.43. The van der Waals surface area contributed by atoms with E-state index in [9.17, 15) is 0 Å². The standard InChI is InChI=1S/C22H42N2/c1-10-12-14-16-21(6,7)18-17(20(3,4)5)23-19(24-18)22(8,9)15-13-11-2/h18H,10-16H2,1-9H3. The Hall–Kier alpha value is -0.660. The minimum Gasteiger partial charge on any atom is -0.260 e. The molecule has 0 aliphatic carbocycles. The van der Waals surface area contributed by atoms with Crippen LogP contribution in [0.5, 0.6) is 0 Å². The van der Waals surface area contributed by atoms with Gasteiger partial charge in [0.1, 0.15) is 5.84 Å². The second kappa shape index (κ2) is 8.15. The van der Waals surface area contributed by atoms with Gasteiger partial charge in [-0.15, -0.1) is 0 Å². The Kier molecular flexibility index (Phi) is 7.26. The van der Waals surface area contributed by atoms with Gasteiger partial charge in [-0.05, 0) is 18.3 Å². The molecular weight excluding hydrogens is 292 g/mol. The summed E-state index contributed by atoms with van der Waals surface area (Å²) < 4.78 is 0. The normalized spacial score (nSPS) is 19.5. The number of rotatable bonds is 9. The molecule has 0 fully saturated rings. The van der Waals surface area contributed by atoms with Crippen LogP contribution in [-0.2, 0) is 0 Å². The van der Waals surface area contributed by atoms with Crippen molar-refractivity contribution in [2.75, 3.05) is 0 Å². The molecule has 140 valence electrons. The van der Waals surface area contributed by atoms with Crippen molar-refractivity contribution in [2.24, 2.45) is 26.2 Å². The molecule has 1 aliphatic rings. The van der Waals surface area contributed by atoms with E-state index < -0.39 is 0 Å². The zero-order valence-corrected chi connectivity index (χ0v) is 17.9. The first-order chi connectivity index (χ1) is 11.0. The van der Waals surface area contributed by atoms with Gasteiger partial charge in [0.25, 0.3) is 0 Å². The molecule has 0 aromatic rings. The molecule has 2 nitrogen and oxygen atoms in total. The molecule has 24 heavy (non-hydrogen) atoms. The van der Waals surface area contributed by atoms with Gasteiger partial charge in [-0.1, -0.05) is 94.4 Å². The molecule has 2 heteroatoms. The van der Waals surface area contributed by atoms with Crippen molar-refractivity contribution in [1.82, 2.24) is 0 Å². The molecule has 1 heterocycles. The van der Waals surface area contributed by atoms with Crippen molar-refractivity contribution in [2.45, 2.75) is 113 Å². The summed E-state index contributed by atoms with van der Waals surface area (Å²) in [5.41, 5.74) is 1.65. The lowest BCUT2D eigenvalue weighted by Crippen LogP contribution is -2.39. The number of unbranched alkanes of at least 4 members (excludes halogenated alkanes) is 3. The third-order valence-electron chi connectivity index (χ3n) is 5.43. The first-order valence-electron chi connectivity index (χ1n) is 10.1. The predicted octanol–water partition coefficient (Wildman–Crippen LogP) is 7.08. The summed E-state index contributed by atoms with van der Waals surface area (Å²) in [7, 11) is 0. The smallest absolute Gasteiger partial charge is 0.129 e. The molecule has 1 atom stereocenters. The van der Waals surface area contributed by atoms with Crippen molar-refractivity contribution >= 4 is 11.5 Å². The molecule has 0 spiro atoms. The van der Waals surface area contributed by atoms with Crippen molar-refractivity contribution in [3.8, 4) is 0 Å². The van der Waals surface area contributed by atoms with Crippen LogP contribution >= 0.6 is 0 Å². The van der Waals surface area contributed by atoms with Gasteiger partial charge in [0, 0.05) is 10.8 Å². The molecule has 1 aliphatic heterocycles. The Balaban J connectivity index is 3.10. The molecule has 0 bridgehead atoms. The highest BCUT2D eigenvalue weighted by molar-refractivity contribution is 6.10. The summed E-state index contributed by atoms with van der Waals surface area (Å²) in [6.07, 6.45) is 8.77. The lowest BCUT2D eigenvalue weighted by molar-refractivity contribution is 0.292. The molecule has 1 rings (SSSR count). The summed E-state index contributed by atoms with van der Waals surface area (Å²) >= 11 is 0. The molecule has 0 N–H and O–H groups in total. The van der Waals surface area contributed by atoms with Gasteiger partial charge in [-0.3, -0.25) is 4.99 Å². The summed E-state index contributed by atoms with van der Waals surface area (Å²) in [6.45, 7) is 20.8. The van der Waals surface area contributed by atoms with Crippen LogP contribution in [0, 0.1) is 16.2 Å². The Morgan fingerprint density at radius 1 is 0.792 bits per heavy atom. The Morgan fingerprint density at radius 2 is 1.38 bits per heavy atom. The van der Waals surface area contributed by atoms with E-state index in [1.165, 1.54) is 50.7 Å². The van der Waals surface area contributed by atoms with Gasteiger partial charge >= 0.3 is 0 Å². The van der Waals surface area contributed by atoms with E-state index in [1.54, 1.807) is 0 Å². The lowest BCUT2D eigenvalue weighted by Gasteiger charge is -2.35. The first-order valence-corrected chi connectivity index (χ1v) is 10.1. The van der Waals surface area contributed by atoms with Crippen molar-refractivity contribution in [1.29, 1.82) is 0 Å². The van der Waals surface area contributed by atoms with E-state index >= 15 is 0 Å². The fraction of sp³-hybridized carbons (Fsp3) is 0.909. The quantitative estimate of drug-likeness (QED) is 0.402. The Bertz CT molecular complexity index is 461. The van der Waals surface area contributed by atoms with E-state index in [2.05, 4.69) is 62.3 Å². The van der Waals surface area contributed by atoms with Crippen LogP contribution in [0.4, 0.5) is 0 Å². The van der Waals surface area contributed by atoms with E-state index in [1.807, 2.05) is 0 Å². The second-order valence-electron chi connectivity index (χ2n) is 10.0. The van der Waals surface area contributed by atoms with E-state index in [4.69, 9.17) is 9.98 Å². The average molecular weight is 335 g/mol. The summed E-state index contributed by atoms with van der Waals surface area (Å²) in [5, 5.41) is 0. The highest BCUT2D eigenvalue weighted by Crippen LogP contribution is 2.41. The fourth-order valence-electron chi connectivity index (χ4n) is 3.53. The number of hydrogen-bond donors (Lipinski definition) is 0. The molecule has 0 aromatic carbocycles. The molecule has 0 saturated heterocycles. The summed E-state index contributed by atoms with van der Waals surface area (Å²) in [4.78, 5) is 10.4. The Labute approximate surface area is 151 Å². The number of aliphatic imine (C=N–C) groups is 2. The third-order valence-corrected chi connectivity index (χ3v) is 5.43. The molecule has 0 aromatic heterocycles. The lowest BCUT2D eigenvalue weighted by atomic mass is 9.72. The summed E-state index contributed by atoms with van der Waals surface area (Å²) in [6, 6.07) is 0.241. The minimum absolute atomic E-state index is 0.0821. The minimum atomic E-state index is 0.0821. The van der Waals surface area contributed by atoms with Crippen LogP contribution < -0.4 is 0 Å². The molecule has 0 amide bonds. The molecule has 1 unspecified atom stereocenters. The molecule has 0 radical (unpaired) electrons. The zero-order chi connectivity index (χ0) is 18.6. The van der Waals surface area contributed by atoms with Crippen molar-refractivity contribution in [3.05, 3.63) is 0 Å². The number of hydrogen-bond acceptors (Lipinski definition) is 2. The van der Waals surface area contributed by atoms with Crippen molar-refractivity contribution < 1.29 is 0 Å². The van der Waals surface area contributed by atoms with E-state index in [0.29, 0.717) is 0 Å². The maximum atomic E-state index is 5.22. The maximum absolute atomic E-state index is 5.22. The number of amidine groups is 1. The number of nitrogens with zero attached hydrogens (tertiary/aromatic N) is 2. The summed E-state index contributed by atoms with van der Waals surface area (Å²) in [5.74, 6) is 1.09. The van der Waals surface area contributed by atoms with Crippen LogP contribution in [0.2, 0.25) is 0 Å². The largest absolute Gasteiger partial charge is 0.260 e. The van der Waals surface area contributed by atoms with Crippen molar-refractivity contribution in [3.63, 3.8) is 0 Å². The van der Waals surface area contributed by atoms with Gasteiger partial charge in [0.15, 0.2) is 0 Å². The fourth-order valence-corrected chi connectivity index (χ4v) is 3.53. The predicted molar refractivity (Wildman–Crippen MR) is 109 cm³/mol. The highest BCUT2D eigenvalue weighted by Gasteiger charge is 2.43. The topological polar surface area (TPSA) is 24.7 Å². The monoisotopic (exact) mass is 334 g/mol. The zero-order valence-electron chi connectivity index (χ0n) is 17.9. The second-order valence-corrected chi connectivity index (χ2v) is 10.0. The van der Waals surface area contributed by atoms with E-state index in [0.717, 1.165) is 5.84 Å². The first kappa shape index (κ1) is 21.4. The molecule has 0 saturated carbocycles.